The average molecular weight is 179 g/mol. The molecule has 0 saturated carbocycles. The van der Waals surface area contributed by atoms with Crippen LogP contribution < -0.4 is 0 Å². The van der Waals surface area contributed by atoms with E-state index in [1.165, 1.54) is 12.0 Å². The number of hydrogen-bond donors (Lipinski definition) is 0. The van der Waals surface area contributed by atoms with E-state index in [0.29, 0.717) is 13.0 Å². The molecule has 0 aromatic heterocycles. The second-order valence-electron chi connectivity index (χ2n) is 2.71. The number of likely N-dealkylation sites (tertiary alicyclic amines) is 1. The van der Waals surface area contributed by atoms with Gasteiger partial charge in [-0.1, -0.05) is 0 Å². The third-order valence-corrected chi connectivity index (χ3v) is 1.98. The molecule has 3 nitrogen and oxygen atoms in total. The normalized spacial score (nSPS) is 23.8. The lowest BCUT2D eigenvalue weighted by Crippen LogP contribution is -2.54. The van der Waals surface area contributed by atoms with Gasteiger partial charge in [-0.2, -0.15) is 0 Å². The monoisotopic (exact) mass is 179 g/mol. The van der Waals surface area contributed by atoms with Crippen molar-refractivity contribution in [3.05, 3.63) is 0 Å². The molecule has 1 heterocycles. The maximum atomic E-state index is 11.9. The Morgan fingerprint density at radius 2 is 2.42 bits per heavy atom. The average Bonchev–Trinajstić information content (AvgIpc) is 1.98. The highest BCUT2D eigenvalue weighted by Gasteiger charge is 2.36. The number of carbonyl (C=O) groups excluding carboxylic acids is 1. The summed E-state index contributed by atoms with van der Waals surface area (Å²) in [5.41, 5.74) is 0. The van der Waals surface area contributed by atoms with Gasteiger partial charge in [0.2, 0.25) is 0 Å². The zero-order valence-electron chi connectivity index (χ0n) is 6.80. The fraction of sp³-hybridized carbons (Fsp3) is 0.857. The summed E-state index contributed by atoms with van der Waals surface area (Å²) in [7, 11) is 1.27. The number of ether oxygens (including phenoxy) is 1. The lowest BCUT2D eigenvalue weighted by Gasteiger charge is -2.38. The summed E-state index contributed by atoms with van der Waals surface area (Å²) in [5.74, 6) is -0.415. The second-order valence-corrected chi connectivity index (χ2v) is 2.71. The van der Waals surface area contributed by atoms with E-state index in [4.69, 9.17) is 0 Å². The molecule has 70 valence electrons. The molecule has 0 spiro atoms. The minimum absolute atomic E-state index is 0.334. The quantitative estimate of drug-likeness (QED) is 0.591. The van der Waals surface area contributed by atoms with Gasteiger partial charge in [0.05, 0.1) is 13.7 Å². The SMILES string of the molecule is COC(=O)C1CCN1CC(F)F. The molecule has 1 rings (SSSR count). The van der Waals surface area contributed by atoms with E-state index in [0.717, 1.165) is 0 Å². The first kappa shape index (κ1) is 9.38. The van der Waals surface area contributed by atoms with Gasteiger partial charge in [-0.15, -0.1) is 0 Å². The molecule has 0 N–H and O–H groups in total. The molecule has 1 aliphatic rings. The number of carbonyl (C=O) groups is 1. The molecule has 1 unspecified atom stereocenters. The summed E-state index contributed by atoms with van der Waals surface area (Å²) in [6, 6.07) is -0.441. The molecule has 0 radical (unpaired) electrons. The van der Waals surface area contributed by atoms with E-state index in [1.54, 1.807) is 0 Å². The molecule has 0 aromatic rings. The van der Waals surface area contributed by atoms with Crippen molar-refractivity contribution in [1.82, 2.24) is 4.90 Å². The Kier molecular flexibility index (Phi) is 2.97. The highest BCUT2D eigenvalue weighted by atomic mass is 19.3. The van der Waals surface area contributed by atoms with Crippen molar-refractivity contribution in [3.63, 3.8) is 0 Å². The number of methoxy groups -OCH3 is 1. The summed E-state index contributed by atoms with van der Waals surface area (Å²) in [6.07, 6.45) is -1.75. The molecule has 0 aromatic carbocycles. The summed E-state index contributed by atoms with van der Waals surface area (Å²) in [5, 5.41) is 0. The molecule has 0 aliphatic carbocycles. The van der Waals surface area contributed by atoms with Gasteiger partial charge in [-0.3, -0.25) is 9.69 Å². The number of nitrogens with zero attached hydrogens (tertiary/aromatic N) is 1. The molecular formula is C7H11F2NO2. The van der Waals surface area contributed by atoms with E-state index in [-0.39, 0.29) is 6.54 Å². The highest BCUT2D eigenvalue weighted by Crippen LogP contribution is 2.19. The van der Waals surface area contributed by atoms with Crippen molar-refractivity contribution in [2.45, 2.75) is 18.9 Å². The first-order chi connectivity index (χ1) is 5.65. The molecule has 0 bridgehead atoms. The number of alkyl halides is 2. The van der Waals surface area contributed by atoms with Gasteiger partial charge in [0.15, 0.2) is 0 Å². The Hall–Kier alpha value is -0.710. The molecule has 12 heavy (non-hydrogen) atoms. The first-order valence-electron chi connectivity index (χ1n) is 3.75. The Morgan fingerprint density at radius 3 is 2.75 bits per heavy atom. The fourth-order valence-electron chi connectivity index (χ4n) is 1.24. The van der Waals surface area contributed by atoms with Crippen LogP contribution in [0.15, 0.2) is 0 Å². The second kappa shape index (κ2) is 3.80. The summed E-state index contributed by atoms with van der Waals surface area (Å²) >= 11 is 0. The standard InChI is InChI=1S/C7H11F2NO2/c1-12-7(11)5-2-3-10(5)4-6(8)9/h5-6H,2-4H2,1H3. The third-order valence-electron chi connectivity index (χ3n) is 1.98. The lowest BCUT2D eigenvalue weighted by molar-refractivity contribution is -0.153. The van der Waals surface area contributed by atoms with E-state index in [2.05, 4.69) is 4.74 Å². The number of rotatable bonds is 3. The van der Waals surface area contributed by atoms with Crippen LogP contribution in [0.4, 0.5) is 8.78 Å². The van der Waals surface area contributed by atoms with Gasteiger partial charge < -0.3 is 4.74 Å². The maximum Gasteiger partial charge on any atom is 0.323 e. The van der Waals surface area contributed by atoms with Crippen LogP contribution in [0.3, 0.4) is 0 Å². The van der Waals surface area contributed by atoms with Gasteiger partial charge in [0.1, 0.15) is 6.04 Å². The van der Waals surface area contributed by atoms with Crippen LogP contribution in [-0.4, -0.2) is 43.5 Å². The third kappa shape index (κ3) is 1.91. The van der Waals surface area contributed by atoms with Gasteiger partial charge in [-0.05, 0) is 6.42 Å². The zero-order chi connectivity index (χ0) is 9.14. The number of esters is 1. The van der Waals surface area contributed by atoms with E-state index >= 15 is 0 Å². The van der Waals surface area contributed by atoms with E-state index in [1.807, 2.05) is 0 Å². The van der Waals surface area contributed by atoms with E-state index < -0.39 is 18.4 Å². The molecular weight excluding hydrogens is 168 g/mol. The van der Waals surface area contributed by atoms with Crippen molar-refractivity contribution >= 4 is 5.97 Å². The summed E-state index contributed by atoms with van der Waals surface area (Å²) in [6.45, 7) is 0.226. The van der Waals surface area contributed by atoms with Gasteiger partial charge in [-0.25, -0.2) is 8.78 Å². The van der Waals surface area contributed by atoms with Crippen LogP contribution in [0.5, 0.6) is 0 Å². The zero-order valence-corrected chi connectivity index (χ0v) is 6.80. The van der Waals surface area contributed by atoms with Crippen LogP contribution in [0.25, 0.3) is 0 Å². The van der Waals surface area contributed by atoms with Crippen molar-refractivity contribution in [2.24, 2.45) is 0 Å². The Labute approximate surface area is 69.3 Å². The van der Waals surface area contributed by atoms with E-state index in [9.17, 15) is 13.6 Å². The minimum atomic E-state index is -2.38. The topological polar surface area (TPSA) is 29.5 Å². The molecule has 5 heteroatoms. The van der Waals surface area contributed by atoms with Gasteiger partial charge in [0, 0.05) is 6.54 Å². The molecule has 1 saturated heterocycles. The highest BCUT2D eigenvalue weighted by molar-refractivity contribution is 5.76. The van der Waals surface area contributed by atoms with Crippen LogP contribution >= 0.6 is 0 Å². The lowest BCUT2D eigenvalue weighted by atomic mass is 10.0. The molecule has 1 atom stereocenters. The number of halogens is 2. The van der Waals surface area contributed by atoms with Gasteiger partial charge in [0.25, 0.3) is 6.43 Å². The van der Waals surface area contributed by atoms with Crippen LogP contribution in [0.2, 0.25) is 0 Å². The van der Waals surface area contributed by atoms with Crippen LogP contribution in [-0.2, 0) is 9.53 Å². The Balaban J connectivity index is 2.33. The summed E-state index contributed by atoms with van der Waals surface area (Å²) < 4.78 is 28.1. The smallest absolute Gasteiger partial charge is 0.323 e. The molecule has 1 aliphatic heterocycles. The minimum Gasteiger partial charge on any atom is -0.468 e. The Bertz CT molecular complexity index is 175. The van der Waals surface area contributed by atoms with Crippen LogP contribution in [0.1, 0.15) is 6.42 Å². The van der Waals surface area contributed by atoms with Gasteiger partial charge >= 0.3 is 5.97 Å². The van der Waals surface area contributed by atoms with Crippen molar-refractivity contribution in [1.29, 1.82) is 0 Å². The first-order valence-corrected chi connectivity index (χ1v) is 3.75. The maximum absolute atomic E-state index is 11.9. The molecule has 0 amide bonds. The molecule has 1 fully saturated rings. The van der Waals surface area contributed by atoms with Crippen molar-refractivity contribution in [3.8, 4) is 0 Å². The van der Waals surface area contributed by atoms with Crippen molar-refractivity contribution < 1.29 is 18.3 Å². The summed E-state index contributed by atoms with van der Waals surface area (Å²) in [4.78, 5) is 12.3. The predicted molar refractivity (Wildman–Crippen MR) is 38.0 cm³/mol. The van der Waals surface area contributed by atoms with Crippen molar-refractivity contribution in [2.75, 3.05) is 20.2 Å². The predicted octanol–water partition coefficient (Wildman–Crippen LogP) is 0.499. The number of hydrogen-bond acceptors (Lipinski definition) is 3. The fourth-order valence-corrected chi connectivity index (χ4v) is 1.24. The van der Waals surface area contributed by atoms with Crippen LogP contribution in [0, 0.1) is 0 Å². The largest absolute Gasteiger partial charge is 0.468 e. The Morgan fingerprint density at radius 1 is 1.75 bits per heavy atom.